The van der Waals surface area contributed by atoms with Gasteiger partial charge < -0.3 is 49.2 Å². The monoisotopic (exact) mass is 396 g/mol. The fourth-order valence-corrected chi connectivity index (χ4v) is 0.703. The summed E-state index contributed by atoms with van der Waals surface area (Å²) in [6.07, 6.45) is -2.44. The molecular weight excluding hydrogens is 389 g/mol. The van der Waals surface area contributed by atoms with E-state index in [1.54, 1.807) is 0 Å². The molecule has 0 amide bonds. The Kier molecular flexibility index (Phi) is 20.8. The van der Waals surface area contributed by atoms with Crippen LogP contribution in [0.25, 0.3) is 0 Å². The fourth-order valence-electron chi connectivity index (χ4n) is 0.703. The van der Waals surface area contributed by atoms with E-state index in [0.29, 0.717) is 0 Å². The maximum Gasteiger partial charge on any atom is 1.00 e. The van der Waals surface area contributed by atoms with Gasteiger partial charge in [-0.1, -0.05) is 0 Å². The molecule has 0 rings (SSSR count). The predicted octanol–water partition coefficient (Wildman–Crippen LogP) is -11.6. The number of aliphatic carboxylic acids is 3. The van der Waals surface area contributed by atoms with Gasteiger partial charge in [0.25, 0.3) is 0 Å². The van der Waals surface area contributed by atoms with Crippen LogP contribution in [0.2, 0.25) is 0 Å². The minimum Gasteiger partial charge on any atom is -1.00 e. The molecule has 0 aromatic heterocycles. The molecule has 0 spiro atoms. The quantitative estimate of drug-likeness (QED) is 0.310. The fraction of sp³-hybridized carbons (Fsp3) is 0.500. The number of hydrogen-bond acceptors (Lipinski definition) is 5. The Morgan fingerprint density at radius 1 is 1.06 bits per heavy atom. The minimum absolute atomic E-state index is 0. The summed E-state index contributed by atoms with van der Waals surface area (Å²) in [7, 11) is 0. The number of carbonyl (C=O) groups excluding carboxylic acids is 1. The largest absolute Gasteiger partial charge is 1.00 e. The molecule has 0 aliphatic heterocycles. The van der Waals surface area contributed by atoms with Crippen molar-refractivity contribution in [3.8, 4) is 0 Å². The number of carbonyl (C=O) groups is 3. The molecular formula is C6H7IK2O7. The van der Waals surface area contributed by atoms with Crippen LogP contribution in [-0.4, -0.2) is 38.8 Å². The summed E-state index contributed by atoms with van der Waals surface area (Å²) >= 11 is 0. The average molecular weight is 396 g/mol. The van der Waals surface area contributed by atoms with Gasteiger partial charge in [0.15, 0.2) is 5.60 Å². The molecule has 16 heavy (non-hydrogen) atoms. The minimum atomic E-state index is -2.80. The van der Waals surface area contributed by atoms with E-state index < -0.39 is 36.4 Å². The summed E-state index contributed by atoms with van der Waals surface area (Å²) in [6, 6.07) is 0. The molecule has 0 aromatic rings. The second-order valence-corrected chi connectivity index (χ2v) is 2.46. The van der Waals surface area contributed by atoms with Crippen molar-refractivity contribution in [1.82, 2.24) is 0 Å². The number of carboxylic acid groups (broad SMARTS) is 3. The number of carboxylic acids is 3. The molecule has 1 atom stereocenters. The summed E-state index contributed by atoms with van der Waals surface area (Å²) in [6.45, 7) is 0. The first-order valence-corrected chi connectivity index (χ1v) is 3.15. The number of halogens is 1. The van der Waals surface area contributed by atoms with Crippen molar-refractivity contribution in [3.05, 3.63) is 0 Å². The van der Waals surface area contributed by atoms with Gasteiger partial charge in [-0.05, 0) is 0 Å². The van der Waals surface area contributed by atoms with Crippen LogP contribution in [0.1, 0.15) is 12.8 Å². The van der Waals surface area contributed by atoms with E-state index in [0.717, 1.165) is 0 Å². The van der Waals surface area contributed by atoms with Crippen molar-refractivity contribution in [2.75, 3.05) is 0 Å². The average Bonchev–Trinajstić information content (AvgIpc) is 1.82. The van der Waals surface area contributed by atoms with Crippen molar-refractivity contribution in [2.45, 2.75) is 18.4 Å². The molecule has 7 nitrogen and oxygen atoms in total. The summed E-state index contributed by atoms with van der Waals surface area (Å²) in [5, 5.41) is 35.5. The van der Waals surface area contributed by atoms with Crippen LogP contribution < -0.4 is 132 Å². The first-order valence-electron chi connectivity index (χ1n) is 3.15. The topological polar surface area (TPSA) is 135 Å². The molecule has 0 fully saturated rings. The van der Waals surface area contributed by atoms with E-state index in [1.165, 1.54) is 0 Å². The Morgan fingerprint density at radius 2 is 1.44 bits per heavy atom. The maximum absolute atomic E-state index is 10.3. The zero-order valence-corrected chi connectivity index (χ0v) is 17.2. The molecule has 82 valence electrons. The Balaban J connectivity index is -0.000000240. The van der Waals surface area contributed by atoms with Crippen LogP contribution in [0.5, 0.6) is 0 Å². The van der Waals surface area contributed by atoms with Crippen LogP contribution in [0.4, 0.5) is 0 Å². The third-order valence-electron chi connectivity index (χ3n) is 1.28. The van der Waals surface area contributed by atoms with E-state index in [1.807, 2.05) is 0 Å². The molecule has 0 bridgehead atoms. The summed E-state index contributed by atoms with van der Waals surface area (Å²) in [5.74, 6) is -5.34. The van der Waals surface area contributed by atoms with E-state index in [2.05, 4.69) is 0 Å². The van der Waals surface area contributed by atoms with Crippen molar-refractivity contribution in [2.24, 2.45) is 0 Å². The SMILES string of the molecule is O=C([O-])CC(O)(CC(=O)O)C(=O)O.[I-].[K+].[K+]. The van der Waals surface area contributed by atoms with Gasteiger partial charge in [-0.3, -0.25) is 4.79 Å². The molecule has 0 saturated carbocycles. The zero-order valence-electron chi connectivity index (χ0n) is 8.77. The van der Waals surface area contributed by atoms with Crippen LogP contribution in [0, 0.1) is 0 Å². The number of hydrogen-bond donors (Lipinski definition) is 3. The van der Waals surface area contributed by atoms with Gasteiger partial charge in [0, 0.05) is 12.4 Å². The van der Waals surface area contributed by atoms with Crippen LogP contribution >= 0.6 is 0 Å². The molecule has 0 aliphatic rings. The van der Waals surface area contributed by atoms with Gasteiger partial charge in [-0.25, -0.2) is 4.79 Å². The summed E-state index contributed by atoms with van der Waals surface area (Å²) in [5.41, 5.74) is -2.80. The molecule has 1 unspecified atom stereocenters. The van der Waals surface area contributed by atoms with Gasteiger partial charge in [0.05, 0.1) is 6.42 Å². The van der Waals surface area contributed by atoms with Crippen molar-refractivity contribution in [1.29, 1.82) is 0 Å². The standard InChI is InChI=1S/C6H8O7.HI.2K/c7-3(8)1-6(13,5(11)12)2-4(9)10;;;/h13H,1-2H2,(H,7,8)(H,9,10)(H,11,12);1H;;/q;;2*+1/p-2. The third kappa shape index (κ3) is 11.5. The molecule has 0 radical (unpaired) electrons. The van der Waals surface area contributed by atoms with Gasteiger partial charge in [-0.15, -0.1) is 0 Å². The van der Waals surface area contributed by atoms with Crippen molar-refractivity contribution in [3.63, 3.8) is 0 Å². The van der Waals surface area contributed by atoms with E-state index in [4.69, 9.17) is 15.3 Å². The normalized spacial score (nSPS) is 11.8. The Hall–Kier alpha value is 2.37. The van der Waals surface area contributed by atoms with Crippen LogP contribution in [-0.2, 0) is 14.4 Å². The van der Waals surface area contributed by atoms with E-state index >= 15 is 0 Å². The van der Waals surface area contributed by atoms with Crippen LogP contribution in [0.15, 0.2) is 0 Å². The summed E-state index contributed by atoms with van der Waals surface area (Å²) < 4.78 is 0. The zero-order chi connectivity index (χ0) is 10.6. The second kappa shape index (κ2) is 12.4. The Morgan fingerprint density at radius 3 is 1.62 bits per heavy atom. The van der Waals surface area contributed by atoms with Crippen LogP contribution in [0.3, 0.4) is 0 Å². The van der Waals surface area contributed by atoms with Crippen molar-refractivity contribution >= 4 is 17.9 Å². The van der Waals surface area contributed by atoms with E-state index in [-0.39, 0.29) is 127 Å². The second-order valence-electron chi connectivity index (χ2n) is 2.46. The smallest absolute Gasteiger partial charge is 1.00 e. The van der Waals surface area contributed by atoms with Gasteiger partial charge in [0.1, 0.15) is 0 Å². The molecule has 0 aliphatic carbocycles. The molecule has 10 heteroatoms. The molecule has 0 aromatic carbocycles. The van der Waals surface area contributed by atoms with E-state index in [9.17, 15) is 19.5 Å². The first-order chi connectivity index (χ1) is 5.78. The summed E-state index contributed by atoms with van der Waals surface area (Å²) in [4.78, 5) is 30.3. The number of rotatable bonds is 5. The Labute approximate surface area is 193 Å². The van der Waals surface area contributed by atoms with Gasteiger partial charge in [0.2, 0.25) is 0 Å². The number of aliphatic hydroxyl groups is 1. The molecule has 0 heterocycles. The van der Waals surface area contributed by atoms with Gasteiger partial charge >= 0.3 is 115 Å². The maximum atomic E-state index is 10.3. The van der Waals surface area contributed by atoms with Crippen molar-refractivity contribution < 1.29 is 162 Å². The third-order valence-corrected chi connectivity index (χ3v) is 1.28. The first kappa shape index (κ1) is 26.8. The van der Waals surface area contributed by atoms with Gasteiger partial charge in [-0.2, -0.15) is 0 Å². The predicted molar refractivity (Wildman–Crippen MR) is 34.5 cm³/mol. The molecule has 0 saturated heterocycles. The molecule has 3 N–H and O–H groups in total. The Bertz CT molecular complexity index is 241.